The van der Waals surface area contributed by atoms with Crippen LogP contribution in [0.25, 0.3) is 6.08 Å². The summed E-state index contributed by atoms with van der Waals surface area (Å²) in [6, 6.07) is 16.5. The van der Waals surface area contributed by atoms with Crippen molar-refractivity contribution in [1.29, 1.82) is 5.26 Å². The number of hydrogen-bond acceptors (Lipinski definition) is 2. The maximum atomic E-state index is 12.1. The third-order valence-electron chi connectivity index (χ3n) is 2.67. The Hall–Kier alpha value is -1.90. The van der Waals surface area contributed by atoms with Crippen molar-refractivity contribution in [3.05, 3.63) is 68.6 Å². The highest BCUT2D eigenvalue weighted by atomic mass is 79.9. The second-order valence-corrected chi connectivity index (χ2v) is 5.92. The van der Waals surface area contributed by atoms with Crippen molar-refractivity contribution < 1.29 is 4.79 Å². The molecule has 0 saturated carbocycles. The van der Waals surface area contributed by atoms with Gasteiger partial charge < -0.3 is 5.32 Å². The summed E-state index contributed by atoms with van der Waals surface area (Å²) in [6.45, 7) is 0. The molecule has 0 aromatic heterocycles. The fourth-order valence-electron chi connectivity index (χ4n) is 1.63. The molecule has 2 aromatic carbocycles. The monoisotopic (exact) mass is 404 g/mol. The van der Waals surface area contributed by atoms with Crippen molar-refractivity contribution in [2.45, 2.75) is 0 Å². The second kappa shape index (κ2) is 7.21. The van der Waals surface area contributed by atoms with E-state index in [-0.39, 0.29) is 5.57 Å². The summed E-state index contributed by atoms with van der Waals surface area (Å²) in [6.07, 6.45) is 1.55. The molecule has 0 bridgehead atoms. The smallest absolute Gasteiger partial charge is 0.266 e. The van der Waals surface area contributed by atoms with E-state index < -0.39 is 5.91 Å². The van der Waals surface area contributed by atoms with Crippen molar-refractivity contribution in [2.24, 2.45) is 0 Å². The Kier molecular flexibility index (Phi) is 5.32. The number of amides is 1. The molecule has 0 unspecified atom stereocenters. The molecule has 0 aliphatic carbocycles. The van der Waals surface area contributed by atoms with E-state index in [2.05, 4.69) is 37.2 Å². The lowest BCUT2D eigenvalue weighted by Gasteiger charge is -2.05. The van der Waals surface area contributed by atoms with Crippen molar-refractivity contribution in [1.82, 2.24) is 0 Å². The predicted molar refractivity (Wildman–Crippen MR) is 90.5 cm³/mol. The van der Waals surface area contributed by atoms with E-state index in [1.54, 1.807) is 18.2 Å². The molecular weight excluding hydrogens is 396 g/mol. The first kappa shape index (κ1) is 15.5. The summed E-state index contributed by atoms with van der Waals surface area (Å²) in [5.74, 6) is -0.435. The fourth-order valence-corrected chi connectivity index (χ4v) is 2.29. The van der Waals surface area contributed by atoms with Crippen LogP contribution in [0.2, 0.25) is 0 Å². The molecule has 0 spiro atoms. The number of anilines is 1. The summed E-state index contributed by atoms with van der Waals surface area (Å²) in [5.41, 5.74) is 1.46. The molecule has 1 amide bonds. The normalized spacial score (nSPS) is 10.8. The van der Waals surface area contributed by atoms with Crippen LogP contribution in [-0.2, 0) is 4.79 Å². The highest BCUT2D eigenvalue weighted by Gasteiger charge is 2.10. The summed E-state index contributed by atoms with van der Waals surface area (Å²) in [5, 5.41) is 11.9. The van der Waals surface area contributed by atoms with E-state index >= 15 is 0 Å². The lowest BCUT2D eigenvalue weighted by molar-refractivity contribution is -0.112. The zero-order valence-electron chi connectivity index (χ0n) is 10.8. The number of carbonyl (C=O) groups is 1. The van der Waals surface area contributed by atoms with Crippen LogP contribution in [0.5, 0.6) is 0 Å². The van der Waals surface area contributed by atoms with Gasteiger partial charge in [0, 0.05) is 14.6 Å². The van der Waals surface area contributed by atoms with Gasteiger partial charge in [-0.1, -0.05) is 50.1 Å². The Labute approximate surface area is 139 Å². The van der Waals surface area contributed by atoms with Crippen molar-refractivity contribution in [3.8, 4) is 6.07 Å². The maximum absolute atomic E-state index is 12.1. The first-order chi connectivity index (χ1) is 10.1. The standard InChI is InChI=1S/C16H10Br2N2O/c17-13-5-7-14(8-6-13)20-16(21)12(10-19)9-11-3-1-2-4-15(11)18/h1-9H,(H,20,21)/b12-9-. The number of halogens is 2. The number of benzene rings is 2. The second-order valence-electron chi connectivity index (χ2n) is 4.15. The highest BCUT2D eigenvalue weighted by molar-refractivity contribution is 9.10. The zero-order chi connectivity index (χ0) is 15.2. The van der Waals surface area contributed by atoms with Gasteiger partial charge in [-0.3, -0.25) is 4.79 Å². The first-order valence-corrected chi connectivity index (χ1v) is 7.62. The van der Waals surface area contributed by atoms with Crippen molar-refractivity contribution >= 4 is 49.5 Å². The Morgan fingerprint density at radius 2 is 1.76 bits per heavy atom. The van der Waals surface area contributed by atoms with Gasteiger partial charge in [0.25, 0.3) is 5.91 Å². The van der Waals surface area contributed by atoms with E-state index in [1.807, 2.05) is 42.5 Å². The molecule has 104 valence electrons. The lowest BCUT2D eigenvalue weighted by atomic mass is 10.1. The summed E-state index contributed by atoms with van der Waals surface area (Å²) in [7, 11) is 0. The molecule has 5 heteroatoms. The van der Waals surface area contributed by atoms with Gasteiger partial charge in [0.15, 0.2) is 0 Å². The van der Waals surface area contributed by atoms with Crippen LogP contribution in [0.15, 0.2) is 63.0 Å². The molecule has 3 nitrogen and oxygen atoms in total. The van der Waals surface area contributed by atoms with E-state index in [1.165, 1.54) is 0 Å². The van der Waals surface area contributed by atoms with Gasteiger partial charge >= 0.3 is 0 Å². The average molecular weight is 406 g/mol. The van der Waals surface area contributed by atoms with Crippen LogP contribution in [0, 0.1) is 11.3 Å². The van der Waals surface area contributed by atoms with Crippen LogP contribution >= 0.6 is 31.9 Å². The molecule has 1 N–H and O–H groups in total. The summed E-state index contributed by atoms with van der Waals surface area (Å²) < 4.78 is 1.75. The maximum Gasteiger partial charge on any atom is 0.266 e. The Morgan fingerprint density at radius 1 is 1.10 bits per heavy atom. The van der Waals surface area contributed by atoms with Gasteiger partial charge in [-0.25, -0.2) is 0 Å². The molecule has 0 atom stereocenters. The van der Waals surface area contributed by atoms with Crippen LogP contribution < -0.4 is 5.32 Å². The minimum Gasteiger partial charge on any atom is -0.321 e. The Balaban J connectivity index is 2.22. The molecule has 0 heterocycles. The van der Waals surface area contributed by atoms with E-state index in [9.17, 15) is 4.79 Å². The predicted octanol–water partition coefficient (Wildman–Crippen LogP) is 4.76. The number of nitriles is 1. The number of nitrogens with one attached hydrogen (secondary N) is 1. The fraction of sp³-hybridized carbons (Fsp3) is 0. The van der Waals surface area contributed by atoms with Gasteiger partial charge in [0.1, 0.15) is 11.6 Å². The number of hydrogen-bond donors (Lipinski definition) is 1. The largest absolute Gasteiger partial charge is 0.321 e. The summed E-state index contributed by atoms with van der Waals surface area (Å²) >= 11 is 6.71. The minimum absolute atomic E-state index is 0.0461. The van der Waals surface area contributed by atoms with Crippen molar-refractivity contribution in [3.63, 3.8) is 0 Å². The number of carbonyl (C=O) groups excluding carboxylic acids is 1. The third-order valence-corrected chi connectivity index (χ3v) is 3.92. The van der Waals surface area contributed by atoms with Gasteiger partial charge in [0.05, 0.1) is 0 Å². The summed E-state index contributed by atoms with van der Waals surface area (Å²) in [4.78, 5) is 12.1. The zero-order valence-corrected chi connectivity index (χ0v) is 14.0. The van der Waals surface area contributed by atoms with E-state index in [4.69, 9.17) is 5.26 Å². The van der Waals surface area contributed by atoms with Crippen LogP contribution in [0.3, 0.4) is 0 Å². The van der Waals surface area contributed by atoms with Gasteiger partial charge in [-0.2, -0.15) is 5.26 Å². The highest BCUT2D eigenvalue weighted by Crippen LogP contribution is 2.20. The third kappa shape index (κ3) is 4.28. The lowest BCUT2D eigenvalue weighted by Crippen LogP contribution is -2.13. The van der Waals surface area contributed by atoms with Crippen LogP contribution in [-0.4, -0.2) is 5.91 Å². The first-order valence-electron chi connectivity index (χ1n) is 6.03. The van der Waals surface area contributed by atoms with Gasteiger partial charge in [0.2, 0.25) is 0 Å². The molecule has 21 heavy (non-hydrogen) atoms. The molecule has 0 fully saturated rings. The Morgan fingerprint density at radius 3 is 2.38 bits per heavy atom. The molecular formula is C16H10Br2N2O. The molecule has 0 aliphatic heterocycles. The van der Waals surface area contributed by atoms with Gasteiger partial charge in [-0.15, -0.1) is 0 Å². The SMILES string of the molecule is N#C/C(=C/c1ccccc1Br)C(=O)Nc1ccc(Br)cc1. The van der Waals surface area contributed by atoms with Crippen LogP contribution in [0.4, 0.5) is 5.69 Å². The molecule has 2 aromatic rings. The van der Waals surface area contributed by atoms with E-state index in [0.717, 1.165) is 14.5 Å². The minimum atomic E-state index is -0.435. The van der Waals surface area contributed by atoms with Crippen molar-refractivity contribution in [2.75, 3.05) is 5.32 Å². The number of nitrogens with zero attached hydrogens (tertiary/aromatic N) is 1. The quantitative estimate of drug-likeness (QED) is 0.591. The number of rotatable bonds is 3. The average Bonchev–Trinajstić information content (AvgIpc) is 2.48. The molecule has 0 radical (unpaired) electrons. The molecule has 0 aliphatic rings. The van der Waals surface area contributed by atoms with Crippen LogP contribution in [0.1, 0.15) is 5.56 Å². The molecule has 2 rings (SSSR count). The molecule has 0 saturated heterocycles. The van der Waals surface area contributed by atoms with E-state index in [0.29, 0.717) is 5.69 Å². The van der Waals surface area contributed by atoms with Gasteiger partial charge in [-0.05, 0) is 42.0 Å². The Bertz CT molecular complexity index is 731. The topological polar surface area (TPSA) is 52.9 Å².